The number of aliphatic carboxylic acids is 1. The molecule has 0 bridgehead atoms. The third kappa shape index (κ3) is 2.41. The third-order valence-corrected chi connectivity index (χ3v) is 2.44. The van der Waals surface area contributed by atoms with Crippen LogP contribution in [-0.4, -0.2) is 23.7 Å². The second-order valence-corrected chi connectivity index (χ2v) is 3.54. The second kappa shape index (κ2) is 4.81. The van der Waals surface area contributed by atoms with Gasteiger partial charge in [0.1, 0.15) is 11.3 Å². The zero-order chi connectivity index (χ0) is 12.2. The molecule has 0 saturated heterocycles. The van der Waals surface area contributed by atoms with Crippen LogP contribution in [0.3, 0.4) is 0 Å². The van der Waals surface area contributed by atoms with Crippen LogP contribution in [0, 0.1) is 0 Å². The molecule has 0 spiro atoms. The van der Waals surface area contributed by atoms with Crippen molar-refractivity contribution >= 4 is 5.97 Å². The van der Waals surface area contributed by atoms with Crippen molar-refractivity contribution in [1.29, 1.82) is 0 Å². The average Bonchev–Trinajstić information content (AvgIpc) is 2.29. The Morgan fingerprint density at radius 3 is 2.75 bits per heavy atom. The number of hydrogen-bond acceptors (Lipinski definition) is 3. The van der Waals surface area contributed by atoms with Crippen molar-refractivity contribution < 1.29 is 14.6 Å². The van der Waals surface area contributed by atoms with Gasteiger partial charge >= 0.3 is 5.97 Å². The standard InChI is InChI=1S/C12H15NO3/c1-3-12(13,11(14)15)8-9-6-4-5-7-10(9)16-2/h3-7H,1,8,13H2,2H3,(H,14,15). The van der Waals surface area contributed by atoms with Crippen LogP contribution in [0.4, 0.5) is 0 Å². The quantitative estimate of drug-likeness (QED) is 0.733. The summed E-state index contributed by atoms with van der Waals surface area (Å²) >= 11 is 0. The van der Waals surface area contributed by atoms with E-state index in [0.717, 1.165) is 5.56 Å². The van der Waals surface area contributed by atoms with Crippen LogP contribution in [0.5, 0.6) is 5.75 Å². The number of carbonyl (C=O) groups is 1. The largest absolute Gasteiger partial charge is 0.496 e. The van der Waals surface area contributed by atoms with E-state index >= 15 is 0 Å². The van der Waals surface area contributed by atoms with E-state index in [4.69, 9.17) is 15.6 Å². The van der Waals surface area contributed by atoms with E-state index in [2.05, 4.69) is 6.58 Å². The van der Waals surface area contributed by atoms with Crippen molar-refractivity contribution in [3.05, 3.63) is 42.5 Å². The van der Waals surface area contributed by atoms with E-state index in [0.29, 0.717) is 5.75 Å². The highest BCUT2D eigenvalue weighted by molar-refractivity contribution is 5.81. The van der Waals surface area contributed by atoms with Gasteiger partial charge < -0.3 is 15.6 Å². The molecule has 0 aliphatic rings. The van der Waals surface area contributed by atoms with Crippen molar-refractivity contribution in [2.45, 2.75) is 12.0 Å². The fraction of sp³-hybridized carbons (Fsp3) is 0.250. The van der Waals surface area contributed by atoms with Crippen molar-refractivity contribution in [1.82, 2.24) is 0 Å². The summed E-state index contributed by atoms with van der Waals surface area (Å²) in [4.78, 5) is 11.0. The molecule has 1 atom stereocenters. The summed E-state index contributed by atoms with van der Waals surface area (Å²) in [5, 5.41) is 9.02. The van der Waals surface area contributed by atoms with Gasteiger partial charge in [-0.05, 0) is 11.6 Å². The number of methoxy groups -OCH3 is 1. The van der Waals surface area contributed by atoms with Gasteiger partial charge in [-0.3, -0.25) is 0 Å². The number of hydrogen-bond donors (Lipinski definition) is 2. The lowest BCUT2D eigenvalue weighted by Crippen LogP contribution is -2.47. The molecule has 3 N–H and O–H groups in total. The van der Waals surface area contributed by atoms with Gasteiger partial charge in [0.05, 0.1) is 7.11 Å². The maximum absolute atomic E-state index is 11.0. The number of carboxylic acid groups (broad SMARTS) is 1. The highest BCUT2D eigenvalue weighted by atomic mass is 16.5. The van der Waals surface area contributed by atoms with Crippen molar-refractivity contribution in [2.24, 2.45) is 5.73 Å². The van der Waals surface area contributed by atoms with Crippen LogP contribution in [0.2, 0.25) is 0 Å². The number of ether oxygens (including phenoxy) is 1. The minimum atomic E-state index is -1.46. The van der Waals surface area contributed by atoms with Crippen LogP contribution in [0.25, 0.3) is 0 Å². The lowest BCUT2D eigenvalue weighted by atomic mass is 9.91. The predicted molar refractivity (Wildman–Crippen MR) is 61.4 cm³/mol. The molecule has 1 aromatic rings. The zero-order valence-electron chi connectivity index (χ0n) is 9.14. The summed E-state index contributed by atoms with van der Waals surface area (Å²) in [6.07, 6.45) is 1.39. The molecular weight excluding hydrogens is 206 g/mol. The van der Waals surface area contributed by atoms with Gasteiger partial charge in [-0.25, -0.2) is 4.79 Å². The van der Waals surface area contributed by atoms with Gasteiger partial charge in [0.2, 0.25) is 0 Å². The van der Waals surface area contributed by atoms with E-state index < -0.39 is 11.5 Å². The normalized spacial score (nSPS) is 13.9. The van der Waals surface area contributed by atoms with E-state index in [1.165, 1.54) is 13.2 Å². The Morgan fingerprint density at radius 2 is 2.25 bits per heavy atom. The molecular formula is C12H15NO3. The Kier molecular flexibility index (Phi) is 3.68. The molecule has 4 heteroatoms. The Balaban J connectivity index is 3.03. The zero-order valence-corrected chi connectivity index (χ0v) is 9.14. The Labute approximate surface area is 94.3 Å². The average molecular weight is 221 g/mol. The monoisotopic (exact) mass is 221 g/mol. The molecule has 0 heterocycles. The van der Waals surface area contributed by atoms with Gasteiger partial charge in [-0.1, -0.05) is 24.3 Å². The summed E-state index contributed by atoms with van der Waals surface area (Å²) < 4.78 is 5.13. The number of carboxylic acids is 1. The molecule has 0 aliphatic carbocycles. The van der Waals surface area contributed by atoms with Crippen LogP contribution in [0.15, 0.2) is 36.9 Å². The highest BCUT2D eigenvalue weighted by Crippen LogP contribution is 2.22. The van der Waals surface area contributed by atoms with E-state index in [1.807, 2.05) is 12.1 Å². The maximum atomic E-state index is 11.0. The minimum absolute atomic E-state index is 0.149. The Morgan fingerprint density at radius 1 is 1.62 bits per heavy atom. The van der Waals surface area contributed by atoms with Crippen LogP contribution < -0.4 is 10.5 Å². The Bertz CT molecular complexity index is 403. The van der Waals surface area contributed by atoms with Crippen molar-refractivity contribution in [3.8, 4) is 5.75 Å². The third-order valence-electron chi connectivity index (χ3n) is 2.44. The minimum Gasteiger partial charge on any atom is -0.496 e. The predicted octanol–water partition coefficient (Wildman–Crippen LogP) is 1.21. The number of nitrogens with two attached hydrogens (primary N) is 1. The van der Waals surface area contributed by atoms with E-state index in [-0.39, 0.29) is 6.42 Å². The molecule has 1 aromatic carbocycles. The molecule has 1 unspecified atom stereocenters. The summed E-state index contributed by atoms with van der Waals surface area (Å²) in [7, 11) is 1.53. The fourth-order valence-electron chi connectivity index (χ4n) is 1.40. The molecule has 16 heavy (non-hydrogen) atoms. The molecule has 0 fully saturated rings. The van der Waals surface area contributed by atoms with Gasteiger partial charge in [0.15, 0.2) is 0 Å². The van der Waals surface area contributed by atoms with Crippen molar-refractivity contribution in [3.63, 3.8) is 0 Å². The van der Waals surface area contributed by atoms with Gasteiger partial charge in [-0.15, -0.1) is 6.58 Å². The maximum Gasteiger partial charge on any atom is 0.328 e. The highest BCUT2D eigenvalue weighted by Gasteiger charge is 2.31. The summed E-state index contributed by atoms with van der Waals surface area (Å²) in [6, 6.07) is 7.17. The number of para-hydroxylation sites is 1. The lowest BCUT2D eigenvalue weighted by Gasteiger charge is -2.21. The molecule has 4 nitrogen and oxygen atoms in total. The van der Waals surface area contributed by atoms with Gasteiger partial charge in [-0.2, -0.15) is 0 Å². The second-order valence-electron chi connectivity index (χ2n) is 3.54. The van der Waals surface area contributed by atoms with E-state index in [9.17, 15) is 4.79 Å². The summed E-state index contributed by atoms with van der Waals surface area (Å²) in [5.74, 6) is -0.478. The molecule has 0 aliphatic heterocycles. The SMILES string of the molecule is C=CC(N)(Cc1ccccc1OC)C(=O)O. The lowest BCUT2D eigenvalue weighted by molar-refractivity contribution is -0.141. The fourth-order valence-corrected chi connectivity index (χ4v) is 1.40. The molecule has 86 valence electrons. The molecule has 0 amide bonds. The van der Waals surface area contributed by atoms with Gasteiger partial charge in [0.25, 0.3) is 0 Å². The molecule has 0 radical (unpaired) electrons. The Hall–Kier alpha value is -1.81. The van der Waals surface area contributed by atoms with E-state index in [1.54, 1.807) is 12.1 Å². The number of rotatable bonds is 5. The first-order chi connectivity index (χ1) is 7.53. The van der Waals surface area contributed by atoms with Crippen LogP contribution in [0.1, 0.15) is 5.56 Å². The van der Waals surface area contributed by atoms with Crippen LogP contribution >= 0.6 is 0 Å². The first-order valence-electron chi connectivity index (χ1n) is 4.81. The summed E-state index contributed by atoms with van der Waals surface area (Å²) in [6.45, 7) is 3.46. The van der Waals surface area contributed by atoms with Crippen molar-refractivity contribution in [2.75, 3.05) is 7.11 Å². The first-order valence-corrected chi connectivity index (χ1v) is 4.81. The van der Waals surface area contributed by atoms with Crippen LogP contribution in [-0.2, 0) is 11.2 Å². The number of benzene rings is 1. The molecule has 1 rings (SSSR count). The molecule has 0 saturated carbocycles. The first kappa shape index (κ1) is 12.3. The smallest absolute Gasteiger partial charge is 0.328 e. The molecule has 0 aromatic heterocycles. The summed E-state index contributed by atoms with van der Waals surface area (Å²) in [5.41, 5.74) is 5.00. The topological polar surface area (TPSA) is 72.5 Å². The van der Waals surface area contributed by atoms with Gasteiger partial charge in [0, 0.05) is 6.42 Å².